The summed E-state index contributed by atoms with van der Waals surface area (Å²) in [6.07, 6.45) is 3.56. The largest absolute Gasteiger partial charge is 0.370 e. The zero-order valence-electron chi connectivity index (χ0n) is 8.51. The van der Waals surface area contributed by atoms with Crippen molar-refractivity contribution in [3.8, 4) is 0 Å². The lowest BCUT2D eigenvalue weighted by Crippen LogP contribution is -2.04. The summed E-state index contributed by atoms with van der Waals surface area (Å²) in [7, 11) is 0. The predicted octanol–water partition coefficient (Wildman–Crippen LogP) is 2.34. The van der Waals surface area contributed by atoms with Crippen LogP contribution in [0.1, 0.15) is 30.3 Å². The second-order valence-electron chi connectivity index (χ2n) is 3.51. The number of aromatic nitrogens is 2. The summed E-state index contributed by atoms with van der Waals surface area (Å²) in [6.45, 7) is 2.70. The molecule has 0 amide bonds. The second-order valence-corrected chi connectivity index (χ2v) is 3.51. The Morgan fingerprint density at radius 1 is 1.67 bits per heavy atom. The molecule has 1 N–H and O–H groups in total. The van der Waals surface area contributed by atoms with E-state index in [4.69, 9.17) is 5.53 Å². The molecule has 6 nitrogen and oxygen atoms in total. The first-order valence-corrected chi connectivity index (χ1v) is 4.93. The van der Waals surface area contributed by atoms with Crippen molar-refractivity contribution >= 4 is 5.82 Å². The second kappa shape index (κ2) is 4.14. The van der Waals surface area contributed by atoms with Gasteiger partial charge in [-0.1, -0.05) is 5.11 Å². The lowest BCUT2D eigenvalue weighted by molar-refractivity contribution is 0.635. The van der Waals surface area contributed by atoms with Crippen molar-refractivity contribution in [3.63, 3.8) is 0 Å². The molecule has 1 aromatic heterocycles. The van der Waals surface area contributed by atoms with Gasteiger partial charge in [-0.25, -0.2) is 9.97 Å². The maximum atomic E-state index is 8.49. The van der Waals surface area contributed by atoms with Gasteiger partial charge in [-0.2, -0.15) is 0 Å². The minimum absolute atomic E-state index is 0.138. The van der Waals surface area contributed by atoms with Crippen molar-refractivity contribution in [3.05, 3.63) is 28.0 Å². The third kappa shape index (κ3) is 1.99. The molecule has 1 aromatic rings. The van der Waals surface area contributed by atoms with E-state index in [9.17, 15) is 0 Å². The van der Waals surface area contributed by atoms with E-state index in [0.29, 0.717) is 0 Å². The number of nitrogens with zero attached hydrogens (tertiary/aromatic N) is 5. The standard InChI is InChI=1S/C9H12N6/c1-6-12-5-7-8(14-15-10)3-2-4-11-9(7)13-6/h5,8H,2-4H2,1H3,(H,11,12,13). The van der Waals surface area contributed by atoms with Gasteiger partial charge in [-0.3, -0.25) is 0 Å². The van der Waals surface area contributed by atoms with E-state index in [0.717, 1.165) is 36.6 Å². The van der Waals surface area contributed by atoms with Crippen LogP contribution in [0.5, 0.6) is 0 Å². The average Bonchev–Trinajstić information content (AvgIpc) is 2.41. The van der Waals surface area contributed by atoms with Crippen molar-refractivity contribution in [2.45, 2.75) is 25.8 Å². The fraction of sp³-hybridized carbons (Fsp3) is 0.556. The van der Waals surface area contributed by atoms with E-state index in [-0.39, 0.29) is 6.04 Å². The Morgan fingerprint density at radius 2 is 2.53 bits per heavy atom. The van der Waals surface area contributed by atoms with Crippen LogP contribution in [0.25, 0.3) is 10.4 Å². The summed E-state index contributed by atoms with van der Waals surface area (Å²) in [5.74, 6) is 1.53. The van der Waals surface area contributed by atoms with Crippen LogP contribution in [0.3, 0.4) is 0 Å². The Balaban J connectivity index is 2.44. The molecule has 0 fully saturated rings. The molecule has 0 saturated carbocycles. The summed E-state index contributed by atoms with van der Waals surface area (Å²) >= 11 is 0. The van der Waals surface area contributed by atoms with E-state index >= 15 is 0 Å². The molecule has 0 bridgehead atoms. The molecule has 0 radical (unpaired) electrons. The van der Waals surface area contributed by atoms with Crippen LogP contribution in [0.4, 0.5) is 5.82 Å². The molecule has 2 rings (SSSR count). The Hall–Kier alpha value is -1.81. The van der Waals surface area contributed by atoms with Crippen molar-refractivity contribution in [1.82, 2.24) is 9.97 Å². The molecule has 1 atom stereocenters. The Labute approximate surface area is 87.4 Å². The van der Waals surface area contributed by atoms with Gasteiger partial charge in [0.2, 0.25) is 0 Å². The molecule has 2 heterocycles. The quantitative estimate of drug-likeness (QED) is 0.432. The maximum absolute atomic E-state index is 8.49. The molecule has 0 saturated heterocycles. The molecule has 6 heteroatoms. The predicted molar refractivity (Wildman–Crippen MR) is 56.4 cm³/mol. The lowest BCUT2D eigenvalue weighted by Gasteiger charge is -2.10. The molecule has 0 aromatic carbocycles. The molecular weight excluding hydrogens is 192 g/mol. The Bertz CT molecular complexity index is 409. The normalized spacial score (nSPS) is 19.4. The first kappa shape index (κ1) is 9.73. The van der Waals surface area contributed by atoms with Crippen molar-refractivity contribution < 1.29 is 0 Å². The van der Waals surface area contributed by atoms with Gasteiger partial charge in [0.1, 0.15) is 11.6 Å². The number of azide groups is 1. The zero-order valence-corrected chi connectivity index (χ0v) is 8.51. The molecule has 1 aliphatic heterocycles. The van der Waals surface area contributed by atoms with Crippen LogP contribution in [0, 0.1) is 6.92 Å². The Morgan fingerprint density at radius 3 is 3.33 bits per heavy atom. The van der Waals surface area contributed by atoms with Gasteiger partial charge in [0.15, 0.2) is 0 Å². The van der Waals surface area contributed by atoms with Gasteiger partial charge >= 0.3 is 0 Å². The summed E-state index contributed by atoms with van der Waals surface area (Å²) in [4.78, 5) is 11.3. The summed E-state index contributed by atoms with van der Waals surface area (Å²) in [5.41, 5.74) is 9.39. The molecule has 15 heavy (non-hydrogen) atoms. The van der Waals surface area contributed by atoms with Crippen LogP contribution in [-0.4, -0.2) is 16.5 Å². The van der Waals surface area contributed by atoms with E-state index in [1.165, 1.54) is 0 Å². The van der Waals surface area contributed by atoms with Gasteiger partial charge in [-0.15, -0.1) is 0 Å². The summed E-state index contributed by atoms with van der Waals surface area (Å²) in [5, 5.41) is 7.00. The number of hydrogen-bond acceptors (Lipinski definition) is 4. The SMILES string of the molecule is Cc1ncc2c(n1)NCCCC2N=[N+]=[N-]. The van der Waals surface area contributed by atoms with Gasteiger partial charge in [0.05, 0.1) is 6.04 Å². The minimum atomic E-state index is -0.138. The van der Waals surface area contributed by atoms with Crippen LogP contribution in [0.15, 0.2) is 11.3 Å². The molecule has 0 spiro atoms. The van der Waals surface area contributed by atoms with Gasteiger partial charge in [-0.05, 0) is 25.3 Å². The van der Waals surface area contributed by atoms with Gasteiger partial charge in [0.25, 0.3) is 0 Å². The van der Waals surface area contributed by atoms with Gasteiger partial charge in [0, 0.05) is 23.2 Å². The van der Waals surface area contributed by atoms with Crippen LogP contribution < -0.4 is 5.32 Å². The third-order valence-corrected chi connectivity index (χ3v) is 2.43. The number of fused-ring (bicyclic) bond motifs is 1. The highest BCUT2D eigenvalue weighted by Gasteiger charge is 2.18. The van der Waals surface area contributed by atoms with E-state index < -0.39 is 0 Å². The number of rotatable bonds is 1. The highest BCUT2D eigenvalue weighted by molar-refractivity contribution is 5.45. The first-order chi connectivity index (χ1) is 7.31. The summed E-state index contributed by atoms with van der Waals surface area (Å²) in [6, 6.07) is -0.138. The monoisotopic (exact) mass is 204 g/mol. The number of aryl methyl sites for hydroxylation is 1. The van der Waals surface area contributed by atoms with Crippen molar-refractivity contribution in [2.24, 2.45) is 5.11 Å². The van der Waals surface area contributed by atoms with E-state index in [1.807, 2.05) is 6.92 Å². The number of nitrogens with one attached hydrogen (secondary N) is 1. The average molecular weight is 204 g/mol. The number of hydrogen-bond donors (Lipinski definition) is 1. The smallest absolute Gasteiger partial charge is 0.133 e. The highest BCUT2D eigenvalue weighted by Crippen LogP contribution is 2.30. The van der Waals surface area contributed by atoms with Crippen molar-refractivity contribution in [2.75, 3.05) is 11.9 Å². The fourth-order valence-electron chi connectivity index (χ4n) is 1.70. The van der Waals surface area contributed by atoms with Gasteiger partial charge < -0.3 is 5.32 Å². The first-order valence-electron chi connectivity index (χ1n) is 4.93. The molecule has 1 aliphatic rings. The lowest BCUT2D eigenvalue weighted by atomic mass is 10.1. The minimum Gasteiger partial charge on any atom is -0.370 e. The fourth-order valence-corrected chi connectivity index (χ4v) is 1.70. The maximum Gasteiger partial charge on any atom is 0.133 e. The van der Waals surface area contributed by atoms with Crippen LogP contribution >= 0.6 is 0 Å². The topological polar surface area (TPSA) is 86.6 Å². The Kier molecular flexibility index (Phi) is 2.69. The van der Waals surface area contributed by atoms with Crippen molar-refractivity contribution in [1.29, 1.82) is 0 Å². The molecule has 1 unspecified atom stereocenters. The van der Waals surface area contributed by atoms with E-state index in [2.05, 4.69) is 25.3 Å². The molecule has 78 valence electrons. The highest BCUT2D eigenvalue weighted by atomic mass is 15.2. The van der Waals surface area contributed by atoms with E-state index in [1.54, 1.807) is 6.20 Å². The summed E-state index contributed by atoms with van der Waals surface area (Å²) < 4.78 is 0. The van der Waals surface area contributed by atoms with Crippen LogP contribution in [0.2, 0.25) is 0 Å². The number of anilines is 1. The van der Waals surface area contributed by atoms with Crippen LogP contribution in [-0.2, 0) is 0 Å². The third-order valence-electron chi connectivity index (χ3n) is 2.43. The molecule has 0 aliphatic carbocycles. The zero-order chi connectivity index (χ0) is 10.7. The molecular formula is C9H12N6.